The molecule has 2 N–H and O–H groups in total. The first-order chi connectivity index (χ1) is 10.6. The van der Waals surface area contributed by atoms with Crippen LogP contribution in [0.3, 0.4) is 0 Å². The standard InChI is InChI=1S/C17H23N3O2/c18-15-7-4-8-19(12-15)17(22)14-9-16(21)20(11-14)10-13-5-2-1-3-6-13/h1-3,5-6,14-15H,4,7-12,18H2. The lowest BCUT2D eigenvalue weighted by Crippen LogP contribution is -2.48. The predicted octanol–water partition coefficient (Wildman–Crippen LogP) is 0.985. The van der Waals surface area contributed by atoms with Crippen molar-refractivity contribution in [1.82, 2.24) is 9.80 Å². The van der Waals surface area contributed by atoms with E-state index in [1.807, 2.05) is 35.2 Å². The molecule has 2 fully saturated rings. The van der Waals surface area contributed by atoms with Gasteiger partial charge in [0.2, 0.25) is 11.8 Å². The van der Waals surface area contributed by atoms with Crippen molar-refractivity contribution in [1.29, 1.82) is 0 Å². The number of piperidine rings is 1. The highest BCUT2D eigenvalue weighted by molar-refractivity contribution is 5.89. The van der Waals surface area contributed by atoms with Gasteiger partial charge in [0.15, 0.2) is 0 Å². The molecule has 1 aromatic rings. The number of likely N-dealkylation sites (tertiary alicyclic amines) is 2. The van der Waals surface area contributed by atoms with E-state index in [0.717, 1.165) is 24.9 Å². The lowest BCUT2D eigenvalue weighted by atomic mass is 10.0. The number of hydrogen-bond donors (Lipinski definition) is 1. The molecule has 0 radical (unpaired) electrons. The number of rotatable bonds is 3. The Morgan fingerprint density at radius 3 is 2.73 bits per heavy atom. The first-order valence-corrected chi connectivity index (χ1v) is 7.99. The van der Waals surface area contributed by atoms with Crippen LogP contribution in [-0.2, 0) is 16.1 Å². The van der Waals surface area contributed by atoms with Crippen LogP contribution in [0.4, 0.5) is 0 Å². The molecule has 2 heterocycles. The van der Waals surface area contributed by atoms with Crippen molar-refractivity contribution in [2.24, 2.45) is 11.7 Å². The monoisotopic (exact) mass is 301 g/mol. The van der Waals surface area contributed by atoms with Crippen molar-refractivity contribution in [3.8, 4) is 0 Å². The van der Waals surface area contributed by atoms with Gasteiger partial charge >= 0.3 is 0 Å². The summed E-state index contributed by atoms with van der Waals surface area (Å²) in [5.74, 6) is -0.0379. The van der Waals surface area contributed by atoms with Crippen LogP contribution in [0.15, 0.2) is 30.3 Å². The minimum Gasteiger partial charge on any atom is -0.341 e. The fraction of sp³-hybridized carbons (Fsp3) is 0.529. The van der Waals surface area contributed by atoms with Gasteiger partial charge in [-0.3, -0.25) is 9.59 Å². The van der Waals surface area contributed by atoms with Crippen molar-refractivity contribution >= 4 is 11.8 Å². The van der Waals surface area contributed by atoms with E-state index in [2.05, 4.69) is 0 Å². The minimum atomic E-state index is -0.207. The zero-order valence-corrected chi connectivity index (χ0v) is 12.8. The Bertz CT molecular complexity index is 546. The summed E-state index contributed by atoms with van der Waals surface area (Å²) in [5, 5.41) is 0. The second-order valence-electron chi connectivity index (χ2n) is 6.35. The van der Waals surface area contributed by atoms with Crippen LogP contribution in [-0.4, -0.2) is 47.3 Å². The van der Waals surface area contributed by atoms with Crippen LogP contribution in [0.5, 0.6) is 0 Å². The molecule has 2 amide bonds. The number of amides is 2. The summed E-state index contributed by atoms with van der Waals surface area (Å²) in [6, 6.07) is 9.98. The van der Waals surface area contributed by atoms with E-state index in [9.17, 15) is 9.59 Å². The van der Waals surface area contributed by atoms with E-state index in [1.54, 1.807) is 4.90 Å². The number of hydrogen-bond acceptors (Lipinski definition) is 3. The maximum absolute atomic E-state index is 12.6. The molecule has 22 heavy (non-hydrogen) atoms. The molecule has 2 aliphatic heterocycles. The van der Waals surface area contributed by atoms with E-state index in [4.69, 9.17) is 5.73 Å². The number of carbonyl (C=O) groups excluding carboxylic acids is 2. The molecule has 0 bridgehead atoms. The fourth-order valence-corrected chi connectivity index (χ4v) is 3.36. The second-order valence-corrected chi connectivity index (χ2v) is 6.35. The number of carbonyl (C=O) groups is 2. The molecule has 2 atom stereocenters. The average molecular weight is 301 g/mol. The van der Waals surface area contributed by atoms with E-state index in [1.165, 1.54) is 0 Å². The van der Waals surface area contributed by atoms with Crippen molar-refractivity contribution in [2.75, 3.05) is 19.6 Å². The van der Waals surface area contributed by atoms with Gasteiger partial charge in [-0.1, -0.05) is 30.3 Å². The predicted molar refractivity (Wildman–Crippen MR) is 83.8 cm³/mol. The fourth-order valence-electron chi connectivity index (χ4n) is 3.36. The molecule has 2 unspecified atom stereocenters. The van der Waals surface area contributed by atoms with Crippen molar-refractivity contribution in [3.63, 3.8) is 0 Å². The van der Waals surface area contributed by atoms with Gasteiger partial charge in [-0.15, -0.1) is 0 Å². The molecule has 3 rings (SSSR count). The summed E-state index contributed by atoms with van der Waals surface area (Å²) < 4.78 is 0. The Hall–Kier alpha value is -1.88. The lowest BCUT2D eigenvalue weighted by molar-refractivity contribution is -0.137. The third-order valence-electron chi connectivity index (χ3n) is 4.55. The van der Waals surface area contributed by atoms with Crippen LogP contribution >= 0.6 is 0 Å². The quantitative estimate of drug-likeness (QED) is 0.905. The molecular formula is C17H23N3O2. The van der Waals surface area contributed by atoms with Crippen molar-refractivity contribution in [2.45, 2.75) is 31.8 Å². The zero-order chi connectivity index (χ0) is 15.5. The van der Waals surface area contributed by atoms with Gasteiger partial charge in [-0.05, 0) is 18.4 Å². The van der Waals surface area contributed by atoms with E-state index < -0.39 is 0 Å². The van der Waals surface area contributed by atoms with Gasteiger partial charge in [0, 0.05) is 38.6 Å². The number of benzene rings is 1. The SMILES string of the molecule is NC1CCCN(C(=O)C2CC(=O)N(Cc3ccccc3)C2)C1. The Balaban J connectivity index is 1.60. The number of nitrogens with two attached hydrogens (primary N) is 1. The summed E-state index contributed by atoms with van der Waals surface area (Å²) >= 11 is 0. The molecule has 2 saturated heterocycles. The highest BCUT2D eigenvalue weighted by atomic mass is 16.2. The molecule has 118 valence electrons. The highest BCUT2D eigenvalue weighted by Gasteiger charge is 2.37. The maximum Gasteiger partial charge on any atom is 0.228 e. The van der Waals surface area contributed by atoms with Crippen LogP contribution in [0.1, 0.15) is 24.8 Å². The topological polar surface area (TPSA) is 66.6 Å². The molecule has 0 spiro atoms. The molecule has 0 aromatic heterocycles. The summed E-state index contributed by atoms with van der Waals surface area (Å²) in [5.41, 5.74) is 7.05. The van der Waals surface area contributed by atoms with Gasteiger partial charge < -0.3 is 15.5 Å². The largest absolute Gasteiger partial charge is 0.341 e. The van der Waals surface area contributed by atoms with E-state index in [0.29, 0.717) is 26.1 Å². The first-order valence-electron chi connectivity index (χ1n) is 7.99. The minimum absolute atomic E-state index is 0.0727. The third-order valence-corrected chi connectivity index (χ3v) is 4.55. The van der Waals surface area contributed by atoms with Crippen molar-refractivity contribution < 1.29 is 9.59 Å². The van der Waals surface area contributed by atoms with Gasteiger partial charge in [0.05, 0.1) is 5.92 Å². The molecule has 2 aliphatic rings. The van der Waals surface area contributed by atoms with Crippen molar-refractivity contribution in [3.05, 3.63) is 35.9 Å². The molecule has 5 heteroatoms. The summed E-state index contributed by atoms with van der Waals surface area (Å²) in [6.45, 7) is 2.51. The van der Waals surface area contributed by atoms with Crippen LogP contribution in [0.2, 0.25) is 0 Å². The molecule has 1 aromatic carbocycles. The van der Waals surface area contributed by atoms with Gasteiger partial charge in [0.25, 0.3) is 0 Å². The second kappa shape index (κ2) is 6.48. The van der Waals surface area contributed by atoms with Crippen LogP contribution in [0.25, 0.3) is 0 Å². The van der Waals surface area contributed by atoms with E-state index >= 15 is 0 Å². The number of nitrogens with zero attached hydrogens (tertiary/aromatic N) is 2. The first kappa shape index (κ1) is 15.0. The summed E-state index contributed by atoms with van der Waals surface area (Å²) in [6.07, 6.45) is 2.27. The van der Waals surface area contributed by atoms with Gasteiger partial charge in [-0.2, -0.15) is 0 Å². The normalized spacial score (nSPS) is 25.6. The third kappa shape index (κ3) is 3.30. The Labute approximate surface area is 131 Å². The van der Waals surface area contributed by atoms with Crippen LogP contribution < -0.4 is 5.73 Å². The lowest BCUT2D eigenvalue weighted by Gasteiger charge is -2.32. The maximum atomic E-state index is 12.6. The van der Waals surface area contributed by atoms with Gasteiger partial charge in [0.1, 0.15) is 0 Å². The Kier molecular flexibility index (Phi) is 4.43. The smallest absolute Gasteiger partial charge is 0.228 e. The Morgan fingerprint density at radius 2 is 2.00 bits per heavy atom. The highest BCUT2D eigenvalue weighted by Crippen LogP contribution is 2.23. The Morgan fingerprint density at radius 1 is 1.23 bits per heavy atom. The summed E-state index contributed by atoms with van der Waals surface area (Å²) in [4.78, 5) is 28.4. The molecule has 5 nitrogen and oxygen atoms in total. The molecule has 0 aliphatic carbocycles. The molecule has 0 saturated carbocycles. The van der Waals surface area contributed by atoms with E-state index in [-0.39, 0.29) is 23.8 Å². The average Bonchev–Trinajstić information content (AvgIpc) is 2.88. The van der Waals surface area contributed by atoms with Gasteiger partial charge in [-0.25, -0.2) is 0 Å². The summed E-state index contributed by atoms with van der Waals surface area (Å²) in [7, 11) is 0. The van der Waals surface area contributed by atoms with Crippen LogP contribution in [0, 0.1) is 5.92 Å². The zero-order valence-electron chi connectivity index (χ0n) is 12.8. The molecular weight excluding hydrogens is 278 g/mol.